The van der Waals surface area contributed by atoms with Gasteiger partial charge in [-0.1, -0.05) is 16.8 Å². The molecule has 0 atom stereocenters. The number of hydrogen-bond donors (Lipinski definition) is 2. The van der Waals surface area contributed by atoms with Crippen LogP contribution in [0.1, 0.15) is 24.5 Å². The molecule has 0 amide bonds. The number of rotatable bonds is 3. The predicted octanol–water partition coefficient (Wildman–Crippen LogP) is 2.68. The van der Waals surface area contributed by atoms with Crippen LogP contribution in [0.3, 0.4) is 0 Å². The van der Waals surface area contributed by atoms with Crippen LogP contribution in [0.25, 0.3) is 28.5 Å². The molecule has 0 saturated carbocycles. The Morgan fingerprint density at radius 2 is 2.07 bits per heavy atom. The Balaban J connectivity index is 0.00000205. The number of H-pyrrole nitrogens is 1. The Morgan fingerprint density at radius 3 is 2.86 bits per heavy atom. The molecule has 29 heavy (non-hydrogen) atoms. The van der Waals surface area contributed by atoms with E-state index in [1.54, 1.807) is 35.1 Å². The second-order valence-electron chi connectivity index (χ2n) is 6.67. The van der Waals surface area contributed by atoms with Crippen molar-refractivity contribution in [2.75, 3.05) is 13.1 Å². The molecule has 0 aliphatic carbocycles. The van der Waals surface area contributed by atoms with Crippen molar-refractivity contribution in [3.05, 3.63) is 51.8 Å². The first-order valence-electron chi connectivity index (χ1n) is 8.97. The molecule has 4 aromatic heterocycles. The Bertz CT molecular complexity index is 1210. The van der Waals surface area contributed by atoms with E-state index in [1.165, 1.54) is 0 Å². The minimum atomic E-state index is -0.183. The lowest BCUT2D eigenvalue weighted by Gasteiger charge is -2.23. The van der Waals surface area contributed by atoms with E-state index < -0.39 is 0 Å². The highest BCUT2D eigenvalue weighted by Crippen LogP contribution is 2.29. The highest BCUT2D eigenvalue weighted by Gasteiger charge is 2.23. The van der Waals surface area contributed by atoms with Crippen molar-refractivity contribution < 1.29 is 4.52 Å². The highest BCUT2D eigenvalue weighted by atomic mass is 35.5. The molecule has 0 radical (unpaired) electrons. The van der Waals surface area contributed by atoms with Crippen LogP contribution in [0.15, 0.2) is 39.9 Å². The van der Waals surface area contributed by atoms with Gasteiger partial charge in [0.2, 0.25) is 5.82 Å². The van der Waals surface area contributed by atoms with E-state index in [9.17, 15) is 4.79 Å². The van der Waals surface area contributed by atoms with E-state index in [4.69, 9.17) is 16.1 Å². The van der Waals surface area contributed by atoms with Gasteiger partial charge in [0.15, 0.2) is 0 Å². The van der Waals surface area contributed by atoms with E-state index in [1.807, 2.05) is 0 Å². The van der Waals surface area contributed by atoms with Crippen molar-refractivity contribution in [2.24, 2.45) is 0 Å². The lowest BCUT2D eigenvalue weighted by molar-refractivity contribution is 0.432. The smallest absolute Gasteiger partial charge is 0.263 e. The van der Waals surface area contributed by atoms with Crippen LogP contribution >= 0.6 is 24.0 Å². The number of nitrogens with one attached hydrogen (secondary N) is 2. The Morgan fingerprint density at radius 1 is 1.24 bits per heavy atom. The molecule has 9 nitrogen and oxygen atoms in total. The Labute approximate surface area is 175 Å². The maximum atomic E-state index is 12.3. The number of aromatic amines is 1. The second kappa shape index (κ2) is 7.94. The molecule has 4 aromatic rings. The topological polar surface area (TPSA) is 114 Å². The van der Waals surface area contributed by atoms with Crippen molar-refractivity contribution >= 4 is 29.7 Å². The van der Waals surface area contributed by atoms with Crippen LogP contribution in [0, 0.1) is 0 Å². The molecule has 0 bridgehead atoms. The van der Waals surface area contributed by atoms with Crippen LogP contribution in [0.4, 0.5) is 0 Å². The molecule has 5 heterocycles. The monoisotopic (exact) mass is 433 g/mol. The average molecular weight is 434 g/mol. The summed E-state index contributed by atoms with van der Waals surface area (Å²) in [6.45, 7) is 1.85. The van der Waals surface area contributed by atoms with Crippen LogP contribution in [0.5, 0.6) is 0 Å². The summed E-state index contributed by atoms with van der Waals surface area (Å²) < 4.78 is 7.18. The van der Waals surface area contributed by atoms with E-state index in [2.05, 4.69) is 30.5 Å². The third kappa shape index (κ3) is 3.52. The summed E-state index contributed by atoms with van der Waals surface area (Å²) in [7, 11) is 0. The van der Waals surface area contributed by atoms with Crippen molar-refractivity contribution in [3.8, 4) is 22.8 Å². The molecule has 0 spiro atoms. The van der Waals surface area contributed by atoms with Gasteiger partial charge in [0.25, 0.3) is 11.4 Å². The zero-order valence-electron chi connectivity index (χ0n) is 15.1. The molecule has 1 aliphatic heterocycles. The fourth-order valence-corrected chi connectivity index (χ4v) is 3.78. The van der Waals surface area contributed by atoms with Gasteiger partial charge in [-0.05, 0) is 38.1 Å². The molecule has 2 N–H and O–H groups in total. The van der Waals surface area contributed by atoms with Crippen LogP contribution < -0.4 is 10.9 Å². The number of halogens is 2. The zero-order chi connectivity index (χ0) is 19.1. The lowest BCUT2D eigenvalue weighted by atomic mass is 9.94. The highest BCUT2D eigenvalue weighted by molar-refractivity contribution is 6.31. The zero-order valence-corrected chi connectivity index (χ0v) is 16.7. The largest absolute Gasteiger partial charge is 0.333 e. The van der Waals surface area contributed by atoms with Gasteiger partial charge in [-0.3, -0.25) is 4.79 Å². The van der Waals surface area contributed by atoms with Gasteiger partial charge >= 0.3 is 0 Å². The molecule has 5 rings (SSSR count). The number of fused-ring (bicyclic) bond motifs is 1. The molecule has 11 heteroatoms. The summed E-state index contributed by atoms with van der Waals surface area (Å²) in [5.41, 5.74) is 2.37. The number of nitrogens with zero attached hydrogens (tertiary/aromatic N) is 5. The fraction of sp³-hybridized carbons (Fsp3) is 0.278. The molecule has 0 aromatic carbocycles. The minimum Gasteiger partial charge on any atom is -0.333 e. The first-order valence-corrected chi connectivity index (χ1v) is 9.35. The maximum absolute atomic E-state index is 12.3. The SMILES string of the molecule is Cl.O=c1cc(C2CCNCC2)n2ncc(-c3nc(-c4cccnc4Cl)no3)c2[nH]1. The third-order valence-electron chi connectivity index (χ3n) is 4.95. The standard InChI is InChI=1S/C18H16ClN7O2.ClH/c19-15-11(2-1-5-21-15)16-24-18(28-25-16)12-9-22-26-13(8-14(27)23-17(12)26)10-3-6-20-7-4-10;/h1-2,5,8-10,20H,3-4,6-7H2,(H,23,27);1H. The molecule has 0 unspecified atom stereocenters. The normalized spacial score (nSPS) is 14.8. The van der Waals surface area contributed by atoms with Gasteiger partial charge in [0, 0.05) is 18.2 Å². The van der Waals surface area contributed by atoms with Crippen molar-refractivity contribution in [2.45, 2.75) is 18.8 Å². The van der Waals surface area contributed by atoms with Gasteiger partial charge in [-0.15, -0.1) is 12.4 Å². The van der Waals surface area contributed by atoms with E-state index in [-0.39, 0.29) is 34.9 Å². The maximum Gasteiger partial charge on any atom is 0.263 e. The number of pyridine rings is 1. The predicted molar refractivity (Wildman–Crippen MR) is 109 cm³/mol. The third-order valence-corrected chi connectivity index (χ3v) is 5.25. The first-order chi connectivity index (χ1) is 13.7. The van der Waals surface area contributed by atoms with Gasteiger partial charge in [0.1, 0.15) is 16.4 Å². The number of hydrogen-bond acceptors (Lipinski definition) is 7. The molecule has 1 aliphatic rings. The van der Waals surface area contributed by atoms with Gasteiger partial charge < -0.3 is 14.8 Å². The summed E-state index contributed by atoms with van der Waals surface area (Å²) in [5.74, 6) is 0.846. The van der Waals surface area contributed by atoms with Crippen molar-refractivity contribution in [1.82, 2.24) is 35.0 Å². The molecular formula is C18H17Cl2N7O2. The van der Waals surface area contributed by atoms with Crippen LogP contribution in [0.2, 0.25) is 5.15 Å². The summed E-state index contributed by atoms with van der Waals surface area (Å²) >= 11 is 6.11. The van der Waals surface area contributed by atoms with Gasteiger partial charge in [-0.2, -0.15) is 10.1 Å². The van der Waals surface area contributed by atoms with Crippen LogP contribution in [-0.4, -0.2) is 42.8 Å². The summed E-state index contributed by atoms with van der Waals surface area (Å²) in [4.78, 5) is 23.6. The number of piperidine rings is 1. The summed E-state index contributed by atoms with van der Waals surface area (Å²) in [6.07, 6.45) is 5.12. The number of aromatic nitrogens is 6. The Kier molecular flexibility index (Phi) is 5.35. The van der Waals surface area contributed by atoms with E-state index >= 15 is 0 Å². The molecule has 1 fully saturated rings. The van der Waals surface area contributed by atoms with E-state index in [0.29, 0.717) is 22.6 Å². The molecule has 150 valence electrons. The van der Waals surface area contributed by atoms with Crippen molar-refractivity contribution in [3.63, 3.8) is 0 Å². The summed E-state index contributed by atoms with van der Waals surface area (Å²) in [5, 5.41) is 12.1. The average Bonchev–Trinajstić information content (AvgIpc) is 3.35. The summed E-state index contributed by atoms with van der Waals surface area (Å²) in [6, 6.07) is 5.13. The quantitative estimate of drug-likeness (QED) is 0.477. The van der Waals surface area contributed by atoms with E-state index in [0.717, 1.165) is 31.6 Å². The van der Waals surface area contributed by atoms with Gasteiger partial charge in [-0.25, -0.2) is 9.50 Å². The Hall–Kier alpha value is -2.75. The van der Waals surface area contributed by atoms with Crippen molar-refractivity contribution in [1.29, 1.82) is 0 Å². The minimum absolute atomic E-state index is 0. The fourth-order valence-electron chi connectivity index (χ4n) is 3.57. The second-order valence-corrected chi connectivity index (χ2v) is 7.02. The molecular weight excluding hydrogens is 417 g/mol. The molecule has 1 saturated heterocycles. The van der Waals surface area contributed by atoms with Gasteiger partial charge in [0.05, 0.1) is 17.5 Å². The van der Waals surface area contributed by atoms with Crippen LogP contribution in [-0.2, 0) is 0 Å². The first kappa shape index (κ1) is 19.6. The lowest BCUT2D eigenvalue weighted by Crippen LogP contribution is -2.28.